The van der Waals surface area contributed by atoms with Crippen molar-refractivity contribution < 1.29 is 13.2 Å². The van der Waals surface area contributed by atoms with Gasteiger partial charge in [-0.1, -0.05) is 0 Å². The Morgan fingerprint density at radius 2 is 2.17 bits per heavy atom. The van der Waals surface area contributed by atoms with E-state index in [0.717, 1.165) is 0 Å². The summed E-state index contributed by atoms with van der Waals surface area (Å²) in [4.78, 5) is 3.84. The highest BCUT2D eigenvalue weighted by Crippen LogP contribution is 2.17. The number of ether oxygens (including phenoxy) is 1. The number of hydrazine groups is 1. The van der Waals surface area contributed by atoms with Crippen molar-refractivity contribution in [2.75, 3.05) is 19.1 Å². The number of methoxy groups -OCH3 is 1. The molecule has 0 aliphatic rings. The van der Waals surface area contributed by atoms with E-state index in [0.29, 0.717) is 0 Å². The molecular formula is C10H18N4O3S. The molecule has 18 heavy (non-hydrogen) atoms. The number of nitrogens with one attached hydrogen (secondary N) is 2. The number of nitrogen functional groups attached to an aromatic ring is 1. The zero-order valence-electron chi connectivity index (χ0n) is 10.6. The van der Waals surface area contributed by atoms with Crippen LogP contribution in [0.4, 0.5) is 5.82 Å². The molecule has 1 aromatic heterocycles. The lowest BCUT2D eigenvalue weighted by Gasteiger charge is -2.23. The van der Waals surface area contributed by atoms with Gasteiger partial charge < -0.3 is 10.2 Å². The summed E-state index contributed by atoms with van der Waals surface area (Å²) in [5, 5.41) is 0. The van der Waals surface area contributed by atoms with Gasteiger partial charge in [-0.2, -0.15) is 0 Å². The molecule has 0 atom stereocenters. The van der Waals surface area contributed by atoms with E-state index in [2.05, 4.69) is 15.1 Å². The van der Waals surface area contributed by atoms with E-state index in [1.165, 1.54) is 25.4 Å². The number of rotatable bonds is 6. The molecule has 0 unspecified atom stereocenters. The minimum atomic E-state index is -3.68. The van der Waals surface area contributed by atoms with Crippen LogP contribution in [0.1, 0.15) is 13.8 Å². The Morgan fingerprint density at radius 1 is 1.50 bits per heavy atom. The highest BCUT2D eigenvalue weighted by atomic mass is 32.2. The summed E-state index contributed by atoms with van der Waals surface area (Å²) in [6.07, 6.45) is 1.45. The molecule has 0 spiro atoms. The fourth-order valence-electron chi connectivity index (χ4n) is 1.13. The van der Waals surface area contributed by atoms with E-state index in [-0.39, 0.29) is 17.3 Å². The first-order chi connectivity index (χ1) is 8.32. The predicted octanol–water partition coefficient (Wildman–Crippen LogP) is 0.0705. The first-order valence-electron chi connectivity index (χ1n) is 5.29. The Bertz CT molecular complexity index is 502. The zero-order chi connectivity index (χ0) is 13.8. The molecule has 7 nitrogen and oxygen atoms in total. The summed E-state index contributed by atoms with van der Waals surface area (Å²) in [7, 11) is -2.16. The van der Waals surface area contributed by atoms with Gasteiger partial charge in [0.05, 0.1) is 5.60 Å². The summed E-state index contributed by atoms with van der Waals surface area (Å²) >= 11 is 0. The van der Waals surface area contributed by atoms with Gasteiger partial charge in [0.15, 0.2) is 5.82 Å². The summed E-state index contributed by atoms with van der Waals surface area (Å²) in [5.74, 6) is 5.32. The van der Waals surface area contributed by atoms with Gasteiger partial charge in [0.2, 0.25) is 10.0 Å². The average molecular weight is 274 g/mol. The Hall–Kier alpha value is -1.22. The molecule has 1 heterocycles. The van der Waals surface area contributed by atoms with Crippen molar-refractivity contribution >= 4 is 15.8 Å². The molecule has 0 radical (unpaired) electrons. The van der Waals surface area contributed by atoms with Crippen LogP contribution in [0.5, 0.6) is 0 Å². The fraction of sp³-hybridized carbons (Fsp3) is 0.500. The average Bonchev–Trinajstić information content (AvgIpc) is 2.37. The minimum absolute atomic E-state index is 0.000553. The van der Waals surface area contributed by atoms with Gasteiger partial charge in [-0.15, -0.1) is 0 Å². The fourth-order valence-corrected chi connectivity index (χ4v) is 2.45. The largest absolute Gasteiger partial charge is 0.377 e. The van der Waals surface area contributed by atoms with Crippen LogP contribution in [-0.4, -0.2) is 32.7 Å². The number of nitrogens with zero attached hydrogens (tertiary/aromatic N) is 1. The van der Waals surface area contributed by atoms with Crippen LogP contribution in [0.2, 0.25) is 0 Å². The smallest absolute Gasteiger partial charge is 0.244 e. The van der Waals surface area contributed by atoms with Crippen molar-refractivity contribution in [2.45, 2.75) is 24.3 Å². The molecule has 0 aliphatic heterocycles. The van der Waals surface area contributed by atoms with Crippen LogP contribution >= 0.6 is 0 Å². The van der Waals surface area contributed by atoms with Crippen molar-refractivity contribution in [3.8, 4) is 0 Å². The molecule has 0 saturated heterocycles. The third-order valence-corrected chi connectivity index (χ3v) is 3.87. The van der Waals surface area contributed by atoms with Crippen LogP contribution < -0.4 is 16.0 Å². The molecule has 0 aromatic carbocycles. The predicted molar refractivity (Wildman–Crippen MR) is 68.3 cm³/mol. The molecule has 1 rings (SSSR count). The van der Waals surface area contributed by atoms with Gasteiger partial charge in [0.1, 0.15) is 4.90 Å². The maximum Gasteiger partial charge on any atom is 0.244 e. The second kappa shape index (κ2) is 5.61. The van der Waals surface area contributed by atoms with Crippen LogP contribution in [-0.2, 0) is 14.8 Å². The SMILES string of the molecule is COC(C)(C)CNS(=O)(=O)c1cccnc1NN. The van der Waals surface area contributed by atoms with E-state index >= 15 is 0 Å². The maximum absolute atomic E-state index is 12.1. The van der Waals surface area contributed by atoms with E-state index in [1.807, 2.05) is 0 Å². The lowest BCUT2D eigenvalue weighted by Crippen LogP contribution is -2.40. The number of aromatic nitrogens is 1. The van der Waals surface area contributed by atoms with E-state index in [4.69, 9.17) is 10.6 Å². The van der Waals surface area contributed by atoms with E-state index < -0.39 is 15.6 Å². The monoisotopic (exact) mass is 274 g/mol. The van der Waals surface area contributed by atoms with Crippen molar-refractivity contribution in [1.29, 1.82) is 0 Å². The first-order valence-corrected chi connectivity index (χ1v) is 6.77. The Kier molecular flexibility index (Phi) is 4.63. The second-order valence-electron chi connectivity index (χ2n) is 4.28. The van der Waals surface area contributed by atoms with Gasteiger partial charge in [0.25, 0.3) is 0 Å². The third kappa shape index (κ3) is 3.64. The number of nitrogens with two attached hydrogens (primary N) is 1. The lowest BCUT2D eigenvalue weighted by molar-refractivity contribution is 0.0276. The molecule has 1 aromatic rings. The molecule has 0 saturated carbocycles. The molecule has 102 valence electrons. The third-order valence-electron chi connectivity index (χ3n) is 2.44. The minimum Gasteiger partial charge on any atom is -0.377 e. The molecule has 8 heteroatoms. The van der Waals surface area contributed by atoms with Gasteiger partial charge in [-0.25, -0.2) is 24.0 Å². The topological polar surface area (TPSA) is 106 Å². The number of hydrogen-bond donors (Lipinski definition) is 3. The number of hydrogen-bond acceptors (Lipinski definition) is 6. The van der Waals surface area contributed by atoms with Gasteiger partial charge in [0, 0.05) is 19.9 Å². The number of sulfonamides is 1. The van der Waals surface area contributed by atoms with Gasteiger partial charge in [-0.05, 0) is 26.0 Å². The Morgan fingerprint density at radius 3 is 2.72 bits per heavy atom. The second-order valence-corrected chi connectivity index (χ2v) is 6.02. The number of pyridine rings is 1. The standard InChI is InChI=1S/C10H18N4O3S/c1-10(2,17-3)7-13-18(15,16)8-5-4-6-12-9(8)14-11/h4-6,13H,7,11H2,1-3H3,(H,12,14). The van der Waals surface area contributed by atoms with Crippen molar-refractivity contribution in [3.05, 3.63) is 18.3 Å². The summed E-state index contributed by atoms with van der Waals surface area (Å²) in [6, 6.07) is 2.95. The Labute approximate surface area is 107 Å². The van der Waals surface area contributed by atoms with Crippen molar-refractivity contribution in [2.24, 2.45) is 5.84 Å². The highest BCUT2D eigenvalue weighted by molar-refractivity contribution is 7.89. The van der Waals surface area contributed by atoms with E-state index in [9.17, 15) is 8.42 Å². The highest BCUT2D eigenvalue weighted by Gasteiger charge is 2.23. The maximum atomic E-state index is 12.1. The van der Waals surface area contributed by atoms with Gasteiger partial charge in [-0.3, -0.25) is 0 Å². The van der Waals surface area contributed by atoms with Crippen molar-refractivity contribution in [3.63, 3.8) is 0 Å². The molecule has 0 amide bonds. The first kappa shape index (κ1) is 14.8. The number of anilines is 1. The van der Waals surface area contributed by atoms with Crippen LogP contribution in [0.15, 0.2) is 23.2 Å². The summed E-state index contributed by atoms with van der Waals surface area (Å²) in [5.41, 5.74) is 1.66. The molecule has 0 fully saturated rings. The molecule has 0 bridgehead atoms. The van der Waals surface area contributed by atoms with Crippen LogP contribution in [0.25, 0.3) is 0 Å². The Balaban J connectivity index is 2.94. The summed E-state index contributed by atoms with van der Waals surface area (Å²) < 4.78 is 31.7. The molecular weight excluding hydrogens is 256 g/mol. The zero-order valence-corrected chi connectivity index (χ0v) is 11.4. The van der Waals surface area contributed by atoms with Crippen molar-refractivity contribution in [1.82, 2.24) is 9.71 Å². The van der Waals surface area contributed by atoms with Crippen LogP contribution in [0.3, 0.4) is 0 Å². The van der Waals surface area contributed by atoms with Gasteiger partial charge >= 0.3 is 0 Å². The summed E-state index contributed by atoms with van der Waals surface area (Å²) in [6.45, 7) is 3.70. The van der Waals surface area contributed by atoms with E-state index in [1.54, 1.807) is 13.8 Å². The molecule has 0 aliphatic carbocycles. The van der Waals surface area contributed by atoms with Crippen LogP contribution in [0, 0.1) is 0 Å². The lowest BCUT2D eigenvalue weighted by atomic mass is 10.1. The molecule has 4 N–H and O–H groups in total. The normalized spacial score (nSPS) is 12.4. The quantitative estimate of drug-likeness (QED) is 0.500.